The van der Waals surface area contributed by atoms with E-state index in [-0.39, 0.29) is 10.6 Å². The highest BCUT2D eigenvalue weighted by Crippen LogP contribution is 2.34. The van der Waals surface area contributed by atoms with Crippen LogP contribution in [0.2, 0.25) is 0 Å². The van der Waals surface area contributed by atoms with Gasteiger partial charge in [0, 0.05) is 19.0 Å². The van der Waals surface area contributed by atoms with Crippen molar-refractivity contribution in [2.24, 2.45) is 0 Å². The summed E-state index contributed by atoms with van der Waals surface area (Å²) in [6, 6.07) is 12.8. The fourth-order valence-electron chi connectivity index (χ4n) is 2.40. The predicted molar refractivity (Wildman–Crippen MR) is 104 cm³/mol. The van der Waals surface area contributed by atoms with E-state index in [0.29, 0.717) is 5.92 Å². The lowest BCUT2D eigenvalue weighted by atomic mass is 9.94. The second-order valence-corrected chi connectivity index (χ2v) is 8.74. The van der Waals surface area contributed by atoms with Crippen molar-refractivity contribution in [3.05, 3.63) is 59.7 Å². The van der Waals surface area contributed by atoms with Gasteiger partial charge in [0.2, 0.25) is 0 Å². The summed E-state index contributed by atoms with van der Waals surface area (Å²) in [6.45, 7) is 5.74. The number of alkyl halides is 3. The number of nitrogens with one attached hydrogen (secondary N) is 1. The summed E-state index contributed by atoms with van der Waals surface area (Å²) >= 11 is 0. The van der Waals surface area contributed by atoms with Crippen molar-refractivity contribution in [2.75, 3.05) is 13.1 Å². The lowest BCUT2D eigenvalue weighted by molar-refractivity contribution is -0.234. The number of rotatable bonds is 4. The van der Waals surface area contributed by atoms with E-state index in [1.165, 1.54) is 12.1 Å². The van der Waals surface area contributed by atoms with Gasteiger partial charge in [-0.2, -0.15) is 21.6 Å². The molecule has 0 bridgehead atoms. The van der Waals surface area contributed by atoms with Gasteiger partial charge in [-0.15, -0.1) is 0 Å². The Morgan fingerprint density at radius 3 is 1.90 bits per heavy atom. The third kappa shape index (κ3) is 6.45. The first-order valence-electron chi connectivity index (χ1n) is 8.90. The first kappa shape index (κ1) is 23.2. The van der Waals surface area contributed by atoms with E-state index < -0.39 is 21.9 Å². The second-order valence-electron chi connectivity index (χ2n) is 7.32. The zero-order valence-electron chi connectivity index (χ0n) is 16.3. The quantitative estimate of drug-likeness (QED) is 0.705. The molecule has 1 saturated heterocycles. The molecule has 0 aliphatic carbocycles. The molecule has 0 radical (unpaired) electrons. The highest BCUT2D eigenvalue weighted by Gasteiger charge is 2.49. The van der Waals surface area contributed by atoms with Crippen LogP contribution in [0.25, 0.3) is 0 Å². The maximum absolute atomic E-state index is 12.7. The monoisotopic (exact) mass is 431 g/mol. The zero-order chi connectivity index (χ0) is 21.9. The van der Waals surface area contributed by atoms with Gasteiger partial charge in [-0.05, 0) is 50.6 Å². The van der Waals surface area contributed by atoms with Gasteiger partial charge in [0.25, 0.3) is 10.1 Å². The van der Waals surface area contributed by atoms with Gasteiger partial charge in [-0.1, -0.05) is 29.8 Å². The van der Waals surface area contributed by atoms with Crippen LogP contribution in [-0.4, -0.2) is 37.8 Å². The number of halogens is 3. The van der Waals surface area contributed by atoms with Crippen LogP contribution in [0.4, 0.5) is 13.2 Å². The Bertz CT molecular complexity index is 904. The normalized spacial score (nSPS) is 15.1. The largest absolute Gasteiger partial charge is 0.478 e. The standard InChI is InChI=1S/C13H16F3NO.C7H8O3S/c1-12(2,13(14,15)16)18-11-5-3-9(4-6-11)10-7-17-8-10;1-6-2-4-7(5-3-6)11(8,9)10/h3-6,10,17H,7-8H2,1-2H3;2-5H,1H3,(H,8,9,10). The highest BCUT2D eigenvalue weighted by molar-refractivity contribution is 7.85. The van der Waals surface area contributed by atoms with Crippen LogP contribution in [0.5, 0.6) is 5.75 Å². The molecule has 2 N–H and O–H groups in total. The third-order valence-corrected chi connectivity index (χ3v) is 5.38. The summed E-state index contributed by atoms with van der Waals surface area (Å²) in [7, 11) is -4.02. The number of benzene rings is 2. The molecule has 9 heteroatoms. The van der Waals surface area contributed by atoms with Crippen molar-refractivity contribution in [3.8, 4) is 5.75 Å². The van der Waals surface area contributed by atoms with E-state index >= 15 is 0 Å². The fraction of sp³-hybridized carbons (Fsp3) is 0.400. The van der Waals surface area contributed by atoms with E-state index in [9.17, 15) is 21.6 Å². The van der Waals surface area contributed by atoms with Crippen molar-refractivity contribution in [2.45, 2.75) is 43.4 Å². The van der Waals surface area contributed by atoms with Gasteiger partial charge >= 0.3 is 6.18 Å². The minimum absolute atomic E-state index is 0.0666. The van der Waals surface area contributed by atoms with Crippen LogP contribution in [-0.2, 0) is 10.1 Å². The van der Waals surface area contributed by atoms with Crippen molar-refractivity contribution in [3.63, 3.8) is 0 Å². The van der Waals surface area contributed by atoms with Crippen molar-refractivity contribution in [1.29, 1.82) is 0 Å². The first-order chi connectivity index (χ1) is 13.3. The van der Waals surface area contributed by atoms with Gasteiger partial charge < -0.3 is 10.1 Å². The van der Waals surface area contributed by atoms with E-state index in [4.69, 9.17) is 9.29 Å². The average molecular weight is 431 g/mol. The Hall–Kier alpha value is -2.10. The predicted octanol–water partition coefficient (Wildman–Crippen LogP) is 4.33. The summed E-state index contributed by atoms with van der Waals surface area (Å²) in [5.41, 5.74) is -0.0877. The smallest absolute Gasteiger partial charge is 0.427 e. The Balaban J connectivity index is 0.000000234. The highest BCUT2D eigenvalue weighted by atomic mass is 32.2. The molecule has 2 aromatic rings. The summed E-state index contributed by atoms with van der Waals surface area (Å²) < 4.78 is 72.5. The summed E-state index contributed by atoms with van der Waals surface area (Å²) in [5, 5.41) is 3.15. The minimum atomic E-state index is -4.39. The maximum Gasteiger partial charge on any atom is 0.427 e. The molecule has 3 rings (SSSR count). The Kier molecular flexibility index (Phi) is 6.97. The molecule has 1 fully saturated rings. The molecule has 1 aliphatic heterocycles. The zero-order valence-corrected chi connectivity index (χ0v) is 17.1. The number of aryl methyl sites for hydroxylation is 1. The number of hydrogen-bond acceptors (Lipinski definition) is 4. The molecule has 1 heterocycles. The molecular weight excluding hydrogens is 407 g/mol. The molecule has 5 nitrogen and oxygen atoms in total. The molecule has 2 aromatic carbocycles. The van der Waals surface area contributed by atoms with Crippen LogP contribution in [0.15, 0.2) is 53.4 Å². The van der Waals surface area contributed by atoms with Gasteiger partial charge in [0.1, 0.15) is 5.75 Å². The molecule has 0 amide bonds. The van der Waals surface area contributed by atoms with Crippen LogP contribution in [0.1, 0.15) is 30.9 Å². The molecule has 160 valence electrons. The van der Waals surface area contributed by atoms with Gasteiger partial charge in [-0.3, -0.25) is 4.55 Å². The Morgan fingerprint density at radius 1 is 1.00 bits per heavy atom. The average Bonchev–Trinajstić information content (AvgIpc) is 2.54. The maximum atomic E-state index is 12.7. The molecular formula is C20H24F3NO4S. The van der Waals surface area contributed by atoms with E-state index in [2.05, 4.69) is 5.32 Å². The SMILES string of the molecule is CC(C)(Oc1ccc(C2CNC2)cc1)C(F)(F)F.Cc1ccc(S(=O)(=O)O)cc1. The first-order valence-corrected chi connectivity index (χ1v) is 10.3. The van der Waals surface area contributed by atoms with Crippen molar-refractivity contribution in [1.82, 2.24) is 5.32 Å². The van der Waals surface area contributed by atoms with Crippen molar-refractivity contribution >= 4 is 10.1 Å². The number of ether oxygens (including phenoxy) is 1. The van der Waals surface area contributed by atoms with Gasteiger partial charge in [0.05, 0.1) is 4.90 Å². The van der Waals surface area contributed by atoms with E-state index in [1.54, 1.807) is 24.3 Å². The van der Waals surface area contributed by atoms with Crippen LogP contribution in [0, 0.1) is 6.92 Å². The number of hydrogen-bond donors (Lipinski definition) is 2. The van der Waals surface area contributed by atoms with Crippen LogP contribution in [0.3, 0.4) is 0 Å². The van der Waals surface area contributed by atoms with Crippen LogP contribution >= 0.6 is 0 Å². The van der Waals surface area contributed by atoms with Gasteiger partial charge in [-0.25, -0.2) is 0 Å². The van der Waals surface area contributed by atoms with Gasteiger partial charge in [0.15, 0.2) is 5.60 Å². The minimum Gasteiger partial charge on any atom is -0.478 e. The molecule has 1 aliphatic rings. The third-order valence-electron chi connectivity index (χ3n) is 4.51. The molecule has 29 heavy (non-hydrogen) atoms. The summed E-state index contributed by atoms with van der Waals surface area (Å²) in [6.07, 6.45) is -4.39. The van der Waals surface area contributed by atoms with Crippen molar-refractivity contribution < 1.29 is 30.9 Å². The molecule has 0 spiro atoms. The molecule has 0 saturated carbocycles. The Labute approximate surface area is 168 Å². The molecule has 0 unspecified atom stereocenters. The lowest BCUT2D eigenvalue weighted by Gasteiger charge is -2.30. The molecule has 0 atom stereocenters. The van der Waals surface area contributed by atoms with E-state index in [1.807, 2.05) is 19.1 Å². The molecule has 0 aromatic heterocycles. The Morgan fingerprint density at radius 2 is 1.52 bits per heavy atom. The summed E-state index contributed by atoms with van der Waals surface area (Å²) in [4.78, 5) is -0.0666. The lowest BCUT2D eigenvalue weighted by Crippen LogP contribution is -2.44. The topological polar surface area (TPSA) is 75.6 Å². The van der Waals surface area contributed by atoms with Crippen LogP contribution < -0.4 is 10.1 Å². The summed E-state index contributed by atoms with van der Waals surface area (Å²) in [5.74, 6) is 0.711. The fourth-order valence-corrected chi connectivity index (χ4v) is 2.88. The van der Waals surface area contributed by atoms with E-state index in [0.717, 1.165) is 38.1 Å². The second kappa shape index (κ2) is 8.73.